The highest BCUT2D eigenvalue weighted by atomic mass is 79.9. The lowest BCUT2D eigenvalue weighted by Crippen LogP contribution is -2.24. The van der Waals surface area contributed by atoms with Crippen molar-refractivity contribution in [2.45, 2.75) is 19.4 Å². The minimum atomic E-state index is -0.107. The second kappa shape index (κ2) is 8.83. The number of nitrogens with zero attached hydrogens (tertiary/aromatic N) is 1. The summed E-state index contributed by atoms with van der Waals surface area (Å²) in [5, 5.41) is 17.4. The smallest absolute Gasteiger partial charge is 0.226 e. The second-order valence-corrected chi connectivity index (χ2v) is 6.91. The van der Waals surface area contributed by atoms with Gasteiger partial charge in [-0.3, -0.25) is 4.79 Å². The molecular formula is C17H18BrN3O2S. The van der Waals surface area contributed by atoms with Crippen molar-refractivity contribution in [2.24, 2.45) is 0 Å². The molecule has 5 nitrogen and oxygen atoms in total. The number of hydrogen-bond acceptors (Lipinski definition) is 5. The van der Waals surface area contributed by atoms with Crippen LogP contribution < -0.4 is 15.4 Å². The first-order valence-electron chi connectivity index (χ1n) is 7.39. The number of carbonyl (C=O) groups is 1. The van der Waals surface area contributed by atoms with E-state index in [-0.39, 0.29) is 11.9 Å². The number of halogens is 1. The summed E-state index contributed by atoms with van der Waals surface area (Å²) in [4.78, 5) is 12.0. The van der Waals surface area contributed by atoms with E-state index in [1.165, 1.54) is 11.3 Å². The van der Waals surface area contributed by atoms with Gasteiger partial charge in [-0.15, -0.1) is 11.3 Å². The van der Waals surface area contributed by atoms with Gasteiger partial charge in [0.1, 0.15) is 16.8 Å². The number of ether oxygens (including phenoxy) is 1. The quantitative estimate of drug-likeness (QED) is 0.725. The predicted molar refractivity (Wildman–Crippen MR) is 99.4 cm³/mol. The van der Waals surface area contributed by atoms with Gasteiger partial charge in [0.15, 0.2) is 0 Å². The summed E-state index contributed by atoms with van der Waals surface area (Å²) in [6.07, 6.45) is 0.338. The van der Waals surface area contributed by atoms with Crippen molar-refractivity contribution in [1.82, 2.24) is 5.32 Å². The zero-order valence-electron chi connectivity index (χ0n) is 13.4. The maximum absolute atomic E-state index is 12.0. The molecule has 0 saturated heterocycles. The van der Waals surface area contributed by atoms with Crippen LogP contribution in [0.25, 0.3) is 0 Å². The number of nitrogens with one attached hydrogen (secondary N) is 2. The Balaban J connectivity index is 1.82. The van der Waals surface area contributed by atoms with Crippen LogP contribution in [0.4, 0.5) is 5.00 Å². The van der Waals surface area contributed by atoms with Gasteiger partial charge in [0.25, 0.3) is 0 Å². The van der Waals surface area contributed by atoms with Gasteiger partial charge in [-0.05, 0) is 52.0 Å². The van der Waals surface area contributed by atoms with Crippen molar-refractivity contribution in [3.63, 3.8) is 0 Å². The SMILES string of the molecule is COc1ccc(C(C)NCCC(=O)Nc2sccc2C#N)cc1Br. The Labute approximate surface area is 153 Å². The van der Waals surface area contributed by atoms with Gasteiger partial charge in [-0.1, -0.05) is 6.07 Å². The van der Waals surface area contributed by atoms with E-state index in [1.807, 2.05) is 25.1 Å². The number of thiophene rings is 1. The first kappa shape index (κ1) is 18.5. The predicted octanol–water partition coefficient (Wildman–Crippen LogP) is 4.07. The summed E-state index contributed by atoms with van der Waals surface area (Å²) in [5.74, 6) is 0.680. The normalized spacial score (nSPS) is 11.6. The van der Waals surface area contributed by atoms with Crippen LogP contribution in [0.3, 0.4) is 0 Å². The summed E-state index contributed by atoms with van der Waals surface area (Å²) in [5.41, 5.74) is 1.60. The maximum Gasteiger partial charge on any atom is 0.226 e. The van der Waals surface area contributed by atoms with Crippen LogP contribution in [-0.2, 0) is 4.79 Å². The number of amides is 1. The van der Waals surface area contributed by atoms with E-state index < -0.39 is 0 Å². The molecule has 1 atom stereocenters. The van der Waals surface area contributed by atoms with Crippen LogP contribution in [0.1, 0.15) is 30.5 Å². The number of carbonyl (C=O) groups excluding carboxylic acids is 1. The zero-order valence-corrected chi connectivity index (χ0v) is 15.8. The molecule has 0 saturated carbocycles. The Morgan fingerprint density at radius 2 is 2.25 bits per heavy atom. The van der Waals surface area contributed by atoms with Gasteiger partial charge in [0.05, 0.1) is 17.1 Å². The number of hydrogen-bond donors (Lipinski definition) is 2. The largest absolute Gasteiger partial charge is 0.496 e. The average Bonchev–Trinajstić information content (AvgIpc) is 3.01. The van der Waals surface area contributed by atoms with Crippen molar-refractivity contribution < 1.29 is 9.53 Å². The molecule has 1 aromatic carbocycles. The van der Waals surface area contributed by atoms with E-state index in [1.54, 1.807) is 18.6 Å². The Kier molecular flexibility index (Phi) is 6.79. The molecule has 2 rings (SSSR count). The first-order chi connectivity index (χ1) is 11.5. The Bertz CT molecular complexity index is 755. The lowest BCUT2D eigenvalue weighted by Gasteiger charge is -2.15. The van der Waals surface area contributed by atoms with Crippen LogP contribution in [0.15, 0.2) is 34.1 Å². The summed E-state index contributed by atoms with van der Waals surface area (Å²) >= 11 is 4.82. The molecule has 1 amide bonds. The van der Waals surface area contributed by atoms with Crippen molar-refractivity contribution >= 4 is 38.2 Å². The molecule has 0 bridgehead atoms. The van der Waals surface area contributed by atoms with E-state index in [4.69, 9.17) is 10.00 Å². The minimum absolute atomic E-state index is 0.107. The van der Waals surface area contributed by atoms with Crippen molar-refractivity contribution in [3.05, 3.63) is 45.2 Å². The van der Waals surface area contributed by atoms with Crippen LogP contribution >= 0.6 is 27.3 Å². The molecule has 0 aliphatic rings. The molecule has 1 heterocycles. The number of methoxy groups -OCH3 is 1. The topological polar surface area (TPSA) is 74.2 Å². The molecule has 24 heavy (non-hydrogen) atoms. The molecule has 0 spiro atoms. The summed E-state index contributed by atoms with van der Waals surface area (Å²) in [6, 6.07) is 9.76. The van der Waals surface area contributed by atoms with E-state index >= 15 is 0 Å². The molecule has 0 aliphatic carbocycles. The van der Waals surface area contributed by atoms with Gasteiger partial charge >= 0.3 is 0 Å². The van der Waals surface area contributed by atoms with Gasteiger partial charge in [-0.2, -0.15) is 5.26 Å². The number of benzene rings is 1. The third kappa shape index (κ3) is 4.81. The van der Waals surface area contributed by atoms with Crippen LogP contribution in [0.2, 0.25) is 0 Å². The zero-order chi connectivity index (χ0) is 17.5. The summed E-state index contributed by atoms with van der Waals surface area (Å²) in [6.45, 7) is 2.59. The second-order valence-electron chi connectivity index (χ2n) is 5.14. The van der Waals surface area contributed by atoms with E-state index in [2.05, 4.69) is 32.6 Å². The standard InChI is InChI=1S/C17H18BrN3O2S/c1-11(12-3-4-15(23-2)14(18)9-12)20-7-5-16(22)21-17-13(10-19)6-8-24-17/h3-4,6,8-9,11,20H,5,7H2,1-2H3,(H,21,22). The lowest BCUT2D eigenvalue weighted by atomic mass is 10.1. The highest BCUT2D eigenvalue weighted by Crippen LogP contribution is 2.28. The van der Waals surface area contributed by atoms with Gasteiger partial charge in [0.2, 0.25) is 5.91 Å². The van der Waals surface area contributed by atoms with Crippen LogP contribution in [0, 0.1) is 11.3 Å². The molecule has 7 heteroatoms. The molecule has 0 radical (unpaired) electrons. The van der Waals surface area contributed by atoms with E-state index in [9.17, 15) is 4.79 Å². The van der Waals surface area contributed by atoms with E-state index in [0.29, 0.717) is 23.5 Å². The molecule has 1 unspecified atom stereocenters. The van der Waals surface area contributed by atoms with Crippen LogP contribution in [-0.4, -0.2) is 19.6 Å². The molecule has 0 aliphatic heterocycles. The van der Waals surface area contributed by atoms with Gasteiger partial charge in [-0.25, -0.2) is 0 Å². The van der Waals surface area contributed by atoms with Gasteiger partial charge < -0.3 is 15.4 Å². The summed E-state index contributed by atoms with van der Waals surface area (Å²) < 4.78 is 6.12. The Hall–Kier alpha value is -1.88. The van der Waals surface area contributed by atoms with Gasteiger partial charge in [0, 0.05) is 19.0 Å². The molecule has 1 aromatic heterocycles. The fourth-order valence-corrected chi connectivity index (χ4v) is 3.47. The molecule has 126 valence electrons. The highest BCUT2D eigenvalue weighted by molar-refractivity contribution is 9.10. The third-order valence-corrected chi connectivity index (χ3v) is 4.97. The average molecular weight is 408 g/mol. The number of anilines is 1. The third-order valence-electron chi connectivity index (χ3n) is 3.52. The number of nitriles is 1. The van der Waals surface area contributed by atoms with E-state index in [0.717, 1.165) is 15.8 Å². The fraction of sp³-hybridized carbons (Fsp3) is 0.294. The summed E-state index contributed by atoms with van der Waals surface area (Å²) in [7, 11) is 1.63. The Morgan fingerprint density at radius 3 is 2.92 bits per heavy atom. The fourth-order valence-electron chi connectivity index (χ4n) is 2.16. The Morgan fingerprint density at radius 1 is 1.46 bits per heavy atom. The molecule has 0 fully saturated rings. The van der Waals surface area contributed by atoms with Crippen LogP contribution in [0.5, 0.6) is 5.75 Å². The first-order valence-corrected chi connectivity index (χ1v) is 9.06. The molecular weight excluding hydrogens is 390 g/mol. The van der Waals surface area contributed by atoms with Crippen molar-refractivity contribution in [1.29, 1.82) is 5.26 Å². The maximum atomic E-state index is 12.0. The minimum Gasteiger partial charge on any atom is -0.496 e. The van der Waals surface area contributed by atoms with Crippen molar-refractivity contribution in [2.75, 3.05) is 19.0 Å². The molecule has 2 N–H and O–H groups in total. The molecule has 2 aromatic rings. The van der Waals surface area contributed by atoms with Crippen molar-refractivity contribution in [3.8, 4) is 11.8 Å². The lowest BCUT2D eigenvalue weighted by molar-refractivity contribution is -0.116. The monoisotopic (exact) mass is 407 g/mol. The number of rotatable bonds is 7. The highest BCUT2D eigenvalue weighted by Gasteiger charge is 2.11.